The van der Waals surface area contributed by atoms with Crippen molar-refractivity contribution >= 4 is 11.6 Å². The van der Waals surface area contributed by atoms with E-state index in [1.165, 1.54) is 5.57 Å². The summed E-state index contributed by atoms with van der Waals surface area (Å²) in [7, 11) is 0. The summed E-state index contributed by atoms with van der Waals surface area (Å²) in [5.74, 6) is 0. The van der Waals surface area contributed by atoms with Gasteiger partial charge < -0.3 is 0 Å². The van der Waals surface area contributed by atoms with Crippen LogP contribution in [0.5, 0.6) is 0 Å². The Bertz CT molecular complexity index is 354. The Kier molecular flexibility index (Phi) is 8.55. The minimum atomic E-state index is 0.781. The Morgan fingerprint density at radius 1 is 1.38 bits per heavy atom. The molecule has 0 N–H and O–H groups in total. The van der Waals surface area contributed by atoms with Gasteiger partial charge in [0.25, 0.3) is 0 Å². The van der Waals surface area contributed by atoms with E-state index in [2.05, 4.69) is 17.1 Å². The van der Waals surface area contributed by atoms with Crippen LogP contribution in [0.15, 0.2) is 42.3 Å². The second kappa shape index (κ2) is 9.17. The normalized spacial score (nSPS) is 11.2. The van der Waals surface area contributed by atoms with Gasteiger partial charge in [0.1, 0.15) is 0 Å². The van der Waals surface area contributed by atoms with Gasteiger partial charge in [0.2, 0.25) is 0 Å². The third-order valence-corrected chi connectivity index (χ3v) is 2.36. The number of pyridine rings is 1. The topological polar surface area (TPSA) is 12.9 Å². The highest BCUT2D eigenvalue weighted by molar-refractivity contribution is 6.31. The first-order chi connectivity index (χ1) is 7.77. The van der Waals surface area contributed by atoms with Crippen LogP contribution >= 0.6 is 11.6 Å². The summed E-state index contributed by atoms with van der Waals surface area (Å²) >= 11 is 6.03. The number of allylic oxidation sites excluding steroid dienone is 4. The second-order valence-electron chi connectivity index (χ2n) is 3.01. The van der Waals surface area contributed by atoms with Crippen molar-refractivity contribution in [2.75, 3.05) is 0 Å². The van der Waals surface area contributed by atoms with Gasteiger partial charge in [-0.3, -0.25) is 4.98 Å². The number of hydrogen-bond donors (Lipinski definition) is 0. The predicted octanol–water partition coefficient (Wildman–Crippen LogP) is 4.83. The fraction of sp³-hybridized carbons (Fsp3) is 0.357. The molecular weight excluding hydrogens is 218 g/mol. The van der Waals surface area contributed by atoms with E-state index in [1.807, 2.05) is 46.0 Å². The lowest BCUT2D eigenvalue weighted by Gasteiger charge is -2.03. The largest absolute Gasteiger partial charge is 0.264 e. The Morgan fingerprint density at radius 3 is 2.56 bits per heavy atom. The summed E-state index contributed by atoms with van der Waals surface area (Å²) in [4.78, 5) is 4.06. The van der Waals surface area contributed by atoms with Crippen molar-refractivity contribution < 1.29 is 0 Å². The van der Waals surface area contributed by atoms with Crippen LogP contribution in [0.1, 0.15) is 33.3 Å². The first-order valence-electron chi connectivity index (χ1n) is 5.64. The fourth-order valence-corrected chi connectivity index (χ4v) is 1.40. The molecule has 0 aromatic carbocycles. The van der Waals surface area contributed by atoms with Gasteiger partial charge in [0.15, 0.2) is 0 Å². The van der Waals surface area contributed by atoms with Gasteiger partial charge in [0.05, 0.1) is 0 Å². The van der Waals surface area contributed by atoms with Gasteiger partial charge in [-0.25, -0.2) is 0 Å². The van der Waals surface area contributed by atoms with E-state index in [-0.39, 0.29) is 0 Å². The minimum Gasteiger partial charge on any atom is -0.264 e. The van der Waals surface area contributed by atoms with E-state index in [4.69, 9.17) is 11.6 Å². The van der Waals surface area contributed by atoms with Crippen LogP contribution in [-0.2, 0) is 6.42 Å². The molecule has 0 radical (unpaired) electrons. The molecule has 0 bridgehead atoms. The molecule has 0 aliphatic rings. The highest BCUT2D eigenvalue weighted by atomic mass is 35.5. The Balaban J connectivity index is 0.00000106. The quantitative estimate of drug-likeness (QED) is 0.687. The highest BCUT2D eigenvalue weighted by Gasteiger charge is 2.00. The summed E-state index contributed by atoms with van der Waals surface area (Å²) < 4.78 is 0. The lowest BCUT2D eigenvalue weighted by atomic mass is 10.1. The third-order valence-electron chi connectivity index (χ3n) is 1.99. The Hall–Kier alpha value is -1.08. The molecule has 88 valence electrons. The van der Waals surface area contributed by atoms with Crippen molar-refractivity contribution in [3.8, 4) is 0 Å². The molecule has 0 aliphatic heterocycles. The van der Waals surface area contributed by atoms with E-state index in [0.29, 0.717) is 0 Å². The monoisotopic (exact) mass is 237 g/mol. The summed E-state index contributed by atoms with van der Waals surface area (Å²) in [6.07, 6.45) is 10.6. The van der Waals surface area contributed by atoms with Crippen LogP contribution in [0.3, 0.4) is 0 Å². The van der Waals surface area contributed by atoms with E-state index >= 15 is 0 Å². The average Bonchev–Trinajstić information content (AvgIpc) is 2.34. The van der Waals surface area contributed by atoms with Gasteiger partial charge in [-0.05, 0) is 31.1 Å². The van der Waals surface area contributed by atoms with E-state index < -0.39 is 0 Å². The summed E-state index contributed by atoms with van der Waals surface area (Å²) in [6, 6.07) is 1.82. The number of rotatable bonds is 3. The smallest absolute Gasteiger partial charge is 0.0472 e. The molecule has 0 saturated heterocycles. The zero-order chi connectivity index (χ0) is 12.4. The summed E-state index contributed by atoms with van der Waals surface area (Å²) in [6.45, 7) is 8.04. The molecule has 0 spiro atoms. The standard InChI is InChI=1S/C12H14ClN.C2H6/c1-3-5-10(4-2)8-11-9-14-7-6-12(11)13;1-2/h3-7,9H,8H2,1-2H3;1-2H3/b5-3-,10-4+;. The fourth-order valence-electron chi connectivity index (χ4n) is 1.23. The van der Waals surface area contributed by atoms with Gasteiger partial charge in [-0.2, -0.15) is 0 Å². The lowest BCUT2D eigenvalue weighted by Crippen LogP contribution is -1.90. The van der Waals surface area contributed by atoms with Crippen LogP contribution in [-0.4, -0.2) is 4.98 Å². The maximum absolute atomic E-state index is 6.03. The molecule has 0 saturated carbocycles. The van der Waals surface area contributed by atoms with Crippen LogP contribution in [0.2, 0.25) is 5.02 Å². The molecule has 0 aliphatic carbocycles. The molecule has 1 aromatic heterocycles. The first-order valence-corrected chi connectivity index (χ1v) is 6.02. The molecule has 1 aromatic rings. The van der Waals surface area contributed by atoms with Gasteiger partial charge in [-0.1, -0.05) is 43.7 Å². The molecule has 1 heterocycles. The molecule has 16 heavy (non-hydrogen) atoms. The van der Waals surface area contributed by atoms with Crippen molar-refractivity contribution in [2.45, 2.75) is 34.1 Å². The van der Waals surface area contributed by atoms with Crippen LogP contribution in [0.25, 0.3) is 0 Å². The molecule has 0 atom stereocenters. The Labute approximate surface area is 104 Å². The number of nitrogens with zero attached hydrogens (tertiary/aromatic N) is 1. The van der Waals surface area contributed by atoms with E-state index in [0.717, 1.165) is 17.0 Å². The molecular formula is C14H20ClN. The van der Waals surface area contributed by atoms with Crippen molar-refractivity contribution in [1.29, 1.82) is 0 Å². The van der Waals surface area contributed by atoms with Crippen molar-refractivity contribution in [3.63, 3.8) is 0 Å². The summed E-state index contributed by atoms with van der Waals surface area (Å²) in [5, 5.41) is 0.781. The van der Waals surface area contributed by atoms with Crippen LogP contribution in [0.4, 0.5) is 0 Å². The summed E-state index contributed by atoms with van der Waals surface area (Å²) in [5.41, 5.74) is 2.32. The maximum atomic E-state index is 6.03. The van der Waals surface area contributed by atoms with Crippen LogP contribution in [0, 0.1) is 0 Å². The molecule has 1 nitrogen and oxygen atoms in total. The minimum absolute atomic E-state index is 0.781. The molecule has 0 fully saturated rings. The van der Waals surface area contributed by atoms with Crippen molar-refractivity contribution in [1.82, 2.24) is 4.98 Å². The Morgan fingerprint density at radius 2 is 2.06 bits per heavy atom. The van der Waals surface area contributed by atoms with Crippen molar-refractivity contribution in [3.05, 3.63) is 52.8 Å². The maximum Gasteiger partial charge on any atom is 0.0472 e. The van der Waals surface area contributed by atoms with Gasteiger partial charge in [-0.15, -0.1) is 0 Å². The number of halogens is 1. The number of hydrogen-bond acceptors (Lipinski definition) is 1. The van der Waals surface area contributed by atoms with E-state index in [1.54, 1.807) is 6.20 Å². The molecule has 0 amide bonds. The average molecular weight is 238 g/mol. The first kappa shape index (κ1) is 14.9. The molecule has 2 heteroatoms. The molecule has 0 unspecified atom stereocenters. The third kappa shape index (κ3) is 5.13. The SMILES string of the molecule is C/C=C\C(=C/C)Cc1cnccc1Cl.CC. The van der Waals surface area contributed by atoms with Crippen LogP contribution < -0.4 is 0 Å². The lowest BCUT2D eigenvalue weighted by molar-refractivity contribution is 1.14. The van der Waals surface area contributed by atoms with Gasteiger partial charge >= 0.3 is 0 Å². The zero-order valence-corrected chi connectivity index (χ0v) is 11.3. The van der Waals surface area contributed by atoms with E-state index in [9.17, 15) is 0 Å². The second-order valence-corrected chi connectivity index (χ2v) is 3.41. The zero-order valence-electron chi connectivity index (χ0n) is 10.5. The molecule has 1 rings (SSSR count). The number of aromatic nitrogens is 1. The van der Waals surface area contributed by atoms with Crippen molar-refractivity contribution in [2.24, 2.45) is 0 Å². The highest BCUT2D eigenvalue weighted by Crippen LogP contribution is 2.17. The van der Waals surface area contributed by atoms with Gasteiger partial charge in [0, 0.05) is 23.8 Å². The predicted molar refractivity (Wildman–Crippen MR) is 72.9 cm³/mol.